The Morgan fingerprint density at radius 2 is 1.84 bits per heavy atom. The molecule has 10 heteroatoms. The summed E-state index contributed by atoms with van der Waals surface area (Å²) < 4.78 is 21.7. The average Bonchev–Trinajstić information content (AvgIpc) is 3.39. The highest BCUT2D eigenvalue weighted by molar-refractivity contribution is 6.32. The van der Waals surface area contributed by atoms with Crippen LogP contribution < -0.4 is 4.74 Å². The third-order valence-corrected chi connectivity index (χ3v) is 6.96. The summed E-state index contributed by atoms with van der Waals surface area (Å²) in [6.45, 7) is 7.08. The van der Waals surface area contributed by atoms with Crippen LogP contribution in [0.4, 0.5) is 0 Å². The second-order valence-corrected chi connectivity index (χ2v) is 10.2. The Balaban J connectivity index is 1.34. The van der Waals surface area contributed by atoms with E-state index >= 15 is 0 Å². The molecule has 1 aliphatic rings. The molecule has 9 nitrogen and oxygen atoms in total. The molecule has 1 saturated heterocycles. The molecule has 1 N–H and O–H groups in total. The van der Waals surface area contributed by atoms with Gasteiger partial charge in [-0.05, 0) is 63.5 Å². The van der Waals surface area contributed by atoms with E-state index in [2.05, 4.69) is 15.0 Å². The lowest BCUT2D eigenvalue weighted by atomic mass is 9.79. The van der Waals surface area contributed by atoms with Gasteiger partial charge in [0.1, 0.15) is 5.75 Å². The van der Waals surface area contributed by atoms with Gasteiger partial charge < -0.3 is 23.8 Å². The minimum Gasteiger partial charge on any atom is -0.489 e. The normalized spacial score (nSPS) is 15.6. The van der Waals surface area contributed by atoms with E-state index in [0.717, 1.165) is 17.7 Å². The number of aliphatic carboxylic acids is 1. The summed E-state index contributed by atoms with van der Waals surface area (Å²) in [7, 11) is 1.60. The summed E-state index contributed by atoms with van der Waals surface area (Å²) in [5.74, 6) is 0.686. The fraction of sp³-hybridized carbons (Fsp3) is 0.464. The van der Waals surface area contributed by atoms with Crippen molar-refractivity contribution in [2.75, 3.05) is 40.0 Å². The number of piperidine rings is 1. The van der Waals surface area contributed by atoms with Gasteiger partial charge in [-0.2, -0.15) is 4.98 Å². The molecule has 0 radical (unpaired) electrons. The Labute approximate surface area is 227 Å². The molecule has 0 atom stereocenters. The summed E-state index contributed by atoms with van der Waals surface area (Å²) in [6.07, 6.45) is 1.12. The molecule has 0 spiro atoms. The lowest BCUT2D eigenvalue weighted by molar-refractivity contribution is -0.157. The molecule has 38 heavy (non-hydrogen) atoms. The van der Waals surface area contributed by atoms with Crippen LogP contribution in [-0.4, -0.2) is 72.2 Å². The first kappa shape index (κ1) is 28.0. The predicted molar refractivity (Wildman–Crippen MR) is 143 cm³/mol. The molecule has 204 valence electrons. The zero-order valence-electron chi connectivity index (χ0n) is 22.0. The SMILES string of the molecule is COCCOCC1(C(=O)O)CCN(Cc2ccc(-c3noc(-c4ccc(OC(C)C)c(Cl)c4)n3)cc2)CC1. The van der Waals surface area contributed by atoms with Gasteiger partial charge in [0.2, 0.25) is 5.82 Å². The van der Waals surface area contributed by atoms with Crippen LogP contribution in [0.15, 0.2) is 47.0 Å². The second kappa shape index (κ2) is 12.7. The first-order valence-electron chi connectivity index (χ1n) is 12.7. The average molecular weight is 544 g/mol. The third kappa shape index (κ3) is 6.91. The number of benzene rings is 2. The van der Waals surface area contributed by atoms with E-state index < -0.39 is 11.4 Å². The van der Waals surface area contributed by atoms with Gasteiger partial charge in [-0.3, -0.25) is 9.69 Å². The lowest BCUT2D eigenvalue weighted by Crippen LogP contribution is -2.46. The van der Waals surface area contributed by atoms with Crippen molar-refractivity contribution in [2.45, 2.75) is 39.3 Å². The van der Waals surface area contributed by atoms with E-state index in [4.69, 9.17) is 30.3 Å². The zero-order chi connectivity index (χ0) is 27.1. The fourth-order valence-electron chi connectivity index (χ4n) is 4.43. The summed E-state index contributed by atoms with van der Waals surface area (Å²) in [5, 5.41) is 14.4. The second-order valence-electron chi connectivity index (χ2n) is 9.84. The van der Waals surface area contributed by atoms with Crippen LogP contribution in [0, 0.1) is 5.41 Å². The van der Waals surface area contributed by atoms with Gasteiger partial charge in [-0.25, -0.2) is 0 Å². The number of carboxylic acid groups (broad SMARTS) is 1. The van der Waals surface area contributed by atoms with Gasteiger partial charge in [-0.1, -0.05) is 41.0 Å². The molecule has 4 rings (SSSR count). The van der Waals surface area contributed by atoms with Crippen LogP contribution >= 0.6 is 11.6 Å². The number of methoxy groups -OCH3 is 1. The third-order valence-electron chi connectivity index (χ3n) is 6.66. The quantitative estimate of drug-likeness (QED) is 0.309. The molecular formula is C28H34ClN3O6. The summed E-state index contributed by atoms with van der Waals surface area (Å²) in [5.41, 5.74) is 1.85. The molecule has 3 aromatic rings. The van der Waals surface area contributed by atoms with Gasteiger partial charge in [0.25, 0.3) is 5.89 Å². The molecule has 0 aliphatic carbocycles. The monoisotopic (exact) mass is 543 g/mol. The molecule has 0 saturated carbocycles. The molecule has 1 aromatic heterocycles. The van der Waals surface area contributed by atoms with E-state index in [1.54, 1.807) is 19.2 Å². The highest BCUT2D eigenvalue weighted by Gasteiger charge is 2.41. The van der Waals surface area contributed by atoms with Crippen molar-refractivity contribution in [1.82, 2.24) is 15.0 Å². The summed E-state index contributed by atoms with van der Waals surface area (Å²) in [4.78, 5) is 18.8. The fourth-order valence-corrected chi connectivity index (χ4v) is 4.65. The van der Waals surface area contributed by atoms with Crippen LogP contribution in [0.5, 0.6) is 5.75 Å². The van der Waals surface area contributed by atoms with Crippen LogP contribution in [0.1, 0.15) is 32.3 Å². The van der Waals surface area contributed by atoms with Crippen molar-refractivity contribution < 1.29 is 28.6 Å². The van der Waals surface area contributed by atoms with Gasteiger partial charge in [0, 0.05) is 24.8 Å². The number of nitrogens with zero attached hydrogens (tertiary/aromatic N) is 3. The maximum Gasteiger partial charge on any atom is 0.312 e. The predicted octanol–water partition coefficient (Wildman–Crippen LogP) is 5.17. The van der Waals surface area contributed by atoms with E-state index in [-0.39, 0.29) is 12.7 Å². The topological polar surface area (TPSA) is 107 Å². The first-order valence-corrected chi connectivity index (χ1v) is 13.1. The van der Waals surface area contributed by atoms with E-state index in [9.17, 15) is 9.90 Å². The summed E-state index contributed by atoms with van der Waals surface area (Å²) >= 11 is 6.35. The van der Waals surface area contributed by atoms with Gasteiger partial charge in [-0.15, -0.1) is 0 Å². The highest BCUT2D eigenvalue weighted by Crippen LogP contribution is 2.34. The Morgan fingerprint density at radius 1 is 1.13 bits per heavy atom. The standard InChI is InChI=1S/C28H34ClN3O6/c1-19(2)37-24-9-8-22(16-23(24)29)26-30-25(31-38-26)21-6-4-20(5-7-21)17-32-12-10-28(11-13-32,27(33)34)18-36-15-14-35-3/h4-9,16,19H,10-15,17-18H2,1-3H3,(H,33,34). The van der Waals surface area contributed by atoms with Crippen LogP contribution in [-0.2, 0) is 20.8 Å². The molecule has 0 bridgehead atoms. The Bertz CT molecular complexity index is 1210. The van der Waals surface area contributed by atoms with E-state index in [1.165, 1.54) is 0 Å². The number of aromatic nitrogens is 2. The zero-order valence-corrected chi connectivity index (χ0v) is 22.7. The Hall–Kier alpha value is -2.98. The maximum atomic E-state index is 12.0. The molecule has 0 unspecified atom stereocenters. The van der Waals surface area contributed by atoms with Crippen molar-refractivity contribution in [2.24, 2.45) is 5.41 Å². The van der Waals surface area contributed by atoms with Crippen LogP contribution in [0.25, 0.3) is 22.8 Å². The highest BCUT2D eigenvalue weighted by atomic mass is 35.5. The van der Waals surface area contributed by atoms with Crippen LogP contribution in [0.3, 0.4) is 0 Å². The Morgan fingerprint density at radius 3 is 2.47 bits per heavy atom. The number of likely N-dealkylation sites (tertiary alicyclic amines) is 1. The Kier molecular flexibility index (Phi) is 9.38. The van der Waals surface area contributed by atoms with Gasteiger partial charge >= 0.3 is 5.97 Å². The first-order chi connectivity index (χ1) is 18.3. The lowest BCUT2D eigenvalue weighted by Gasteiger charge is -2.38. The molecule has 2 heterocycles. The van der Waals surface area contributed by atoms with Crippen molar-refractivity contribution >= 4 is 17.6 Å². The minimum absolute atomic E-state index is 0.0235. The van der Waals surface area contributed by atoms with Gasteiger partial charge in [0.15, 0.2) is 0 Å². The number of carboxylic acids is 1. The van der Waals surface area contributed by atoms with Crippen LogP contribution in [0.2, 0.25) is 5.02 Å². The van der Waals surface area contributed by atoms with Gasteiger partial charge in [0.05, 0.1) is 36.4 Å². The number of rotatable bonds is 12. The molecule has 1 aliphatic heterocycles. The molecular weight excluding hydrogens is 510 g/mol. The van der Waals surface area contributed by atoms with E-state index in [1.807, 2.05) is 44.2 Å². The summed E-state index contributed by atoms with van der Waals surface area (Å²) in [6, 6.07) is 13.4. The largest absolute Gasteiger partial charge is 0.489 e. The molecule has 2 aromatic carbocycles. The number of hydrogen-bond acceptors (Lipinski definition) is 8. The molecule has 0 amide bonds. The number of hydrogen-bond donors (Lipinski definition) is 1. The number of halogens is 1. The van der Waals surface area contributed by atoms with Crippen molar-refractivity contribution in [3.63, 3.8) is 0 Å². The molecule has 1 fully saturated rings. The number of carbonyl (C=O) groups is 1. The van der Waals surface area contributed by atoms with Crippen molar-refractivity contribution in [3.05, 3.63) is 53.1 Å². The van der Waals surface area contributed by atoms with Crippen molar-refractivity contribution in [3.8, 4) is 28.6 Å². The van der Waals surface area contributed by atoms with Crippen molar-refractivity contribution in [1.29, 1.82) is 0 Å². The minimum atomic E-state index is -0.837. The number of ether oxygens (including phenoxy) is 3. The maximum absolute atomic E-state index is 12.0. The smallest absolute Gasteiger partial charge is 0.312 e. The van der Waals surface area contributed by atoms with E-state index in [0.29, 0.717) is 67.2 Å².